The van der Waals surface area contributed by atoms with Crippen molar-refractivity contribution in [3.63, 3.8) is 0 Å². The maximum absolute atomic E-state index is 13.9. The zero-order chi connectivity index (χ0) is 30.9. The minimum atomic E-state index is -1.65. The van der Waals surface area contributed by atoms with Crippen molar-refractivity contribution in [3.05, 3.63) is 100 Å². The van der Waals surface area contributed by atoms with Crippen LogP contribution in [-0.4, -0.2) is 61.6 Å². The molecule has 226 valence electrons. The standard InChI is InChI=1S/C33H36FN3O5S/c1-19-23(10-7-11-27(19)38)30(40)36-26(16-20-8-5-4-6-9-20)28(39)32(42)37-18-43-33(2,3)29(37)31(41)35-25-15-12-21-17-22(34)13-14-24(21)25/h4-11,13-14,17,25-26,28-29,38-39H,12,15-16,18H2,1-3H3,(H,35,41)(H,36,40)/t25-,26-,28-,29+/m0/s1. The highest BCUT2D eigenvalue weighted by molar-refractivity contribution is 8.00. The fourth-order valence-electron chi connectivity index (χ4n) is 5.97. The van der Waals surface area contributed by atoms with E-state index in [9.17, 15) is 29.0 Å². The molecule has 3 aromatic rings. The topological polar surface area (TPSA) is 119 Å². The number of amides is 3. The number of benzene rings is 3. The maximum atomic E-state index is 13.9. The summed E-state index contributed by atoms with van der Waals surface area (Å²) in [5.74, 6) is -1.73. The third-order valence-corrected chi connectivity index (χ3v) is 9.75. The number of aliphatic hydroxyl groups excluding tert-OH is 1. The van der Waals surface area contributed by atoms with Crippen LogP contribution in [0.25, 0.3) is 0 Å². The Morgan fingerprint density at radius 2 is 1.84 bits per heavy atom. The van der Waals surface area contributed by atoms with Crippen molar-refractivity contribution in [1.29, 1.82) is 0 Å². The molecule has 0 bridgehead atoms. The number of phenolic OH excluding ortho intramolecular Hbond substituents is 1. The third kappa shape index (κ3) is 6.40. The Morgan fingerprint density at radius 1 is 1.09 bits per heavy atom. The first kappa shape index (κ1) is 30.6. The molecule has 2 aliphatic rings. The smallest absolute Gasteiger partial charge is 0.254 e. The third-order valence-electron chi connectivity index (χ3n) is 8.38. The molecule has 4 N–H and O–H groups in total. The Hall–Kier alpha value is -3.89. The van der Waals surface area contributed by atoms with Gasteiger partial charge in [0.15, 0.2) is 6.10 Å². The molecule has 0 spiro atoms. The van der Waals surface area contributed by atoms with Crippen LogP contribution in [0.15, 0.2) is 66.7 Å². The Labute approximate surface area is 254 Å². The minimum absolute atomic E-state index is 0.0379. The molecule has 43 heavy (non-hydrogen) atoms. The van der Waals surface area contributed by atoms with Gasteiger partial charge in [0.25, 0.3) is 11.8 Å². The molecule has 5 rings (SSSR count). The van der Waals surface area contributed by atoms with Crippen molar-refractivity contribution >= 4 is 29.5 Å². The van der Waals surface area contributed by atoms with E-state index in [2.05, 4.69) is 10.6 Å². The number of hydrogen-bond acceptors (Lipinski definition) is 6. The summed E-state index contributed by atoms with van der Waals surface area (Å²) in [6, 6.07) is 16.1. The van der Waals surface area contributed by atoms with Gasteiger partial charge < -0.3 is 25.7 Å². The molecule has 0 unspecified atom stereocenters. The van der Waals surface area contributed by atoms with Gasteiger partial charge in [-0.25, -0.2) is 4.39 Å². The van der Waals surface area contributed by atoms with E-state index in [0.29, 0.717) is 18.4 Å². The lowest BCUT2D eigenvalue weighted by Crippen LogP contribution is -2.59. The number of aliphatic hydroxyl groups is 1. The summed E-state index contributed by atoms with van der Waals surface area (Å²) < 4.78 is 13.1. The molecule has 10 heteroatoms. The highest BCUT2D eigenvalue weighted by Crippen LogP contribution is 2.41. The van der Waals surface area contributed by atoms with Crippen LogP contribution in [0.5, 0.6) is 5.75 Å². The van der Waals surface area contributed by atoms with Crippen LogP contribution >= 0.6 is 11.8 Å². The summed E-state index contributed by atoms with van der Waals surface area (Å²) in [4.78, 5) is 42.4. The molecule has 1 fully saturated rings. The summed E-state index contributed by atoms with van der Waals surface area (Å²) in [7, 11) is 0. The lowest BCUT2D eigenvalue weighted by Gasteiger charge is -2.34. The molecule has 1 aliphatic heterocycles. The van der Waals surface area contributed by atoms with E-state index >= 15 is 0 Å². The first-order chi connectivity index (χ1) is 20.5. The zero-order valence-electron chi connectivity index (χ0n) is 24.3. The molecule has 3 aromatic carbocycles. The molecule has 0 saturated carbocycles. The van der Waals surface area contributed by atoms with Gasteiger partial charge in [0.2, 0.25) is 5.91 Å². The van der Waals surface area contributed by atoms with Crippen molar-refractivity contribution in [2.45, 2.75) is 69.0 Å². The normalized spacial score (nSPS) is 20.3. The zero-order valence-corrected chi connectivity index (χ0v) is 25.2. The van der Waals surface area contributed by atoms with Crippen LogP contribution in [0.2, 0.25) is 0 Å². The summed E-state index contributed by atoms with van der Waals surface area (Å²) >= 11 is 1.43. The van der Waals surface area contributed by atoms with Crippen molar-refractivity contribution in [1.82, 2.24) is 15.5 Å². The van der Waals surface area contributed by atoms with Crippen molar-refractivity contribution < 1.29 is 29.0 Å². The fraction of sp³-hybridized carbons (Fsp3) is 0.364. The van der Waals surface area contributed by atoms with Gasteiger partial charge in [0.1, 0.15) is 17.6 Å². The molecule has 4 atom stereocenters. The monoisotopic (exact) mass is 605 g/mol. The average Bonchev–Trinajstić information content (AvgIpc) is 3.52. The number of phenols is 1. The first-order valence-corrected chi connectivity index (χ1v) is 15.3. The van der Waals surface area contributed by atoms with Gasteiger partial charge >= 0.3 is 0 Å². The Bertz CT molecular complexity index is 1530. The SMILES string of the molecule is Cc1c(O)cccc1C(=O)N[C@@H](Cc1ccccc1)[C@H](O)C(=O)N1CSC(C)(C)[C@H]1C(=O)N[C@H]1CCc2cc(F)ccc21. The summed E-state index contributed by atoms with van der Waals surface area (Å²) in [6.07, 6.45) is -0.224. The summed E-state index contributed by atoms with van der Waals surface area (Å²) in [5.41, 5.74) is 3.13. The second-order valence-electron chi connectivity index (χ2n) is 11.7. The van der Waals surface area contributed by atoms with E-state index in [1.165, 1.54) is 34.9 Å². The summed E-state index contributed by atoms with van der Waals surface area (Å²) in [5, 5.41) is 27.5. The van der Waals surface area contributed by atoms with Crippen molar-refractivity contribution in [2.75, 3.05) is 5.88 Å². The van der Waals surface area contributed by atoms with E-state index < -0.39 is 34.7 Å². The molecule has 1 aliphatic carbocycles. The van der Waals surface area contributed by atoms with Gasteiger partial charge in [0, 0.05) is 15.9 Å². The van der Waals surface area contributed by atoms with Crippen LogP contribution in [0.4, 0.5) is 4.39 Å². The molecule has 1 heterocycles. The Morgan fingerprint density at radius 3 is 2.58 bits per heavy atom. The number of hydrogen-bond donors (Lipinski definition) is 4. The van der Waals surface area contributed by atoms with E-state index in [1.54, 1.807) is 25.1 Å². The van der Waals surface area contributed by atoms with E-state index in [-0.39, 0.29) is 41.4 Å². The highest BCUT2D eigenvalue weighted by atomic mass is 32.2. The van der Waals surface area contributed by atoms with E-state index in [0.717, 1.165) is 16.7 Å². The largest absolute Gasteiger partial charge is 0.508 e. The molecular weight excluding hydrogens is 569 g/mol. The van der Waals surface area contributed by atoms with Gasteiger partial charge in [-0.15, -0.1) is 11.8 Å². The van der Waals surface area contributed by atoms with Gasteiger partial charge in [-0.05, 0) is 81.0 Å². The number of nitrogens with zero attached hydrogens (tertiary/aromatic N) is 1. The van der Waals surface area contributed by atoms with Gasteiger partial charge in [-0.1, -0.05) is 42.5 Å². The lowest BCUT2D eigenvalue weighted by molar-refractivity contribution is -0.147. The number of nitrogens with one attached hydrogen (secondary N) is 2. The number of carbonyl (C=O) groups excluding carboxylic acids is 3. The van der Waals surface area contributed by atoms with Crippen LogP contribution in [0.3, 0.4) is 0 Å². The number of rotatable bonds is 8. The van der Waals surface area contributed by atoms with Crippen LogP contribution < -0.4 is 10.6 Å². The second-order valence-corrected chi connectivity index (χ2v) is 13.3. The fourth-order valence-corrected chi connectivity index (χ4v) is 7.11. The molecule has 0 aromatic heterocycles. The second kappa shape index (κ2) is 12.4. The van der Waals surface area contributed by atoms with Crippen molar-refractivity contribution in [2.24, 2.45) is 0 Å². The highest BCUT2D eigenvalue weighted by Gasteiger charge is 2.50. The number of carbonyl (C=O) groups is 3. The molecule has 3 amide bonds. The van der Waals surface area contributed by atoms with Gasteiger partial charge in [-0.3, -0.25) is 14.4 Å². The number of thioether (sulfide) groups is 1. The van der Waals surface area contributed by atoms with E-state index in [1.807, 2.05) is 44.2 Å². The Balaban J connectivity index is 1.37. The number of aromatic hydroxyl groups is 1. The number of aryl methyl sites for hydroxylation is 1. The summed E-state index contributed by atoms with van der Waals surface area (Å²) in [6.45, 7) is 5.38. The Kier molecular flexibility index (Phi) is 8.80. The predicted molar refractivity (Wildman–Crippen MR) is 163 cm³/mol. The first-order valence-electron chi connectivity index (χ1n) is 14.3. The van der Waals surface area contributed by atoms with E-state index in [4.69, 9.17) is 0 Å². The number of halogens is 1. The van der Waals surface area contributed by atoms with Gasteiger partial charge in [-0.2, -0.15) is 0 Å². The number of fused-ring (bicyclic) bond motifs is 1. The lowest BCUT2D eigenvalue weighted by atomic mass is 9.96. The molecule has 8 nitrogen and oxygen atoms in total. The van der Waals surface area contributed by atoms with Crippen LogP contribution in [0.1, 0.15) is 58.9 Å². The maximum Gasteiger partial charge on any atom is 0.254 e. The molecule has 1 saturated heterocycles. The van der Waals surface area contributed by atoms with Gasteiger partial charge in [0.05, 0.1) is 18.0 Å². The van der Waals surface area contributed by atoms with Crippen molar-refractivity contribution in [3.8, 4) is 5.75 Å². The minimum Gasteiger partial charge on any atom is -0.508 e. The molecule has 0 radical (unpaired) electrons. The predicted octanol–water partition coefficient (Wildman–Crippen LogP) is 4.03. The van der Waals surface area contributed by atoms with Crippen LogP contribution in [-0.2, 0) is 22.4 Å². The quantitative estimate of drug-likeness (QED) is 0.308. The molecular formula is C33H36FN3O5S. The van der Waals surface area contributed by atoms with Crippen LogP contribution in [0, 0.1) is 12.7 Å². The average molecular weight is 606 g/mol.